The largest absolute Gasteiger partial charge is 0.395 e. The highest BCUT2D eigenvalue weighted by Crippen LogP contribution is 2.28. The second kappa shape index (κ2) is 5.27. The molecule has 3 rings (SSSR count). The molecule has 4 heteroatoms. The molecule has 0 bridgehead atoms. The van der Waals surface area contributed by atoms with Gasteiger partial charge in [-0.1, -0.05) is 35.9 Å². The molecule has 0 unspecified atom stereocenters. The lowest BCUT2D eigenvalue weighted by molar-refractivity contribution is 0.278. The van der Waals surface area contributed by atoms with Gasteiger partial charge in [0.15, 0.2) is 0 Å². The Balaban J connectivity index is 2.29. The van der Waals surface area contributed by atoms with Crippen LogP contribution < -0.4 is 0 Å². The Morgan fingerprint density at radius 2 is 2.00 bits per heavy atom. The first-order valence-electron chi connectivity index (χ1n) is 6.53. The molecule has 0 radical (unpaired) electrons. The van der Waals surface area contributed by atoms with E-state index in [-0.39, 0.29) is 6.61 Å². The summed E-state index contributed by atoms with van der Waals surface area (Å²) in [6.45, 7) is 2.65. The van der Waals surface area contributed by atoms with E-state index in [0.717, 1.165) is 28.0 Å². The normalized spacial score (nSPS) is 11.2. The van der Waals surface area contributed by atoms with Gasteiger partial charge in [-0.3, -0.25) is 0 Å². The standard InChI is InChI=1S/C16H15ClN2O/c1-11-4-2-3-5-13(11)16-18-14-10-12(17)6-7-15(14)19(16)8-9-20/h2-7,10,20H,8-9H2,1H3. The lowest BCUT2D eigenvalue weighted by Crippen LogP contribution is -2.04. The third-order valence-electron chi connectivity index (χ3n) is 3.42. The molecule has 102 valence electrons. The quantitative estimate of drug-likeness (QED) is 0.798. The van der Waals surface area contributed by atoms with Gasteiger partial charge in [0.25, 0.3) is 0 Å². The zero-order chi connectivity index (χ0) is 14.1. The van der Waals surface area contributed by atoms with E-state index in [4.69, 9.17) is 16.6 Å². The van der Waals surface area contributed by atoms with Crippen molar-refractivity contribution in [2.75, 3.05) is 6.61 Å². The highest BCUT2D eigenvalue weighted by Gasteiger charge is 2.13. The summed E-state index contributed by atoms with van der Waals surface area (Å²) in [5, 5.41) is 9.99. The highest BCUT2D eigenvalue weighted by atomic mass is 35.5. The first-order chi connectivity index (χ1) is 9.70. The van der Waals surface area contributed by atoms with Gasteiger partial charge in [0, 0.05) is 17.1 Å². The zero-order valence-corrected chi connectivity index (χ0v) is 11.9. The molecule has 2 aromatic carbocycles. The minimum atomic E-state index is 0.0764. The summed E-state index contributed by atoms with van der Waals surface area (Å²) in [6, 6.07) is 13.8. The van der Waals surface area contributed by atoms with Crippen LogP contribution in [0.5, 0.6) is 0 Å². The number of imidazole rings is 1. The van der Waals surface area contributed by atoms with Gasteiger partial charge in [-0.05, 0) is 30.7 Å². The van der Waals surface area contributed by atoms with Crippen molar-refractivity contribution in [1.82, 2.24) is 9.55 Å². The van der Waals surface area contributed by atoms with E-state index < -0.39 is 0 Å². The van der Waals surface area contributed by atoms with E-state index in [1.165, 1.54) is 0 Å². The first kappa shape index (κ1) is 13.2. The van der Waals surface area contributed by atoms with E-state index in [0.29, 0.717) is 11.6 Å². The predicted octanol–water partition coefficient (Wildman–Crippen LogP) is 3.66. The van der Waals surface area contributed by atoms with Crippen LogP contribution in [0.2, 0.25) is 5.02 Å². The summed E-state index contributed by atoms with van der Waals surface area (Å²) in [6.07, 6.45) is 0. The van der Waals surface area contributed by atoms with Crippen LogP contribution in [0.15, 0.2) is 42.5 Å². The molecule has 0 aliphatic carbocycles. The number of hydrogen-bond acceptors (Lipinski definition) is 2. The maximum atomic E-state index is 9.32. The Morgan fingerprint density at radius 3 is 2.75 bits per heavy atom. The van der Waals surface area contributed by atoms with Crippen molar-refractivity contribution < 1.29 is 5.11 Å². The van der Waals surface area contributed by atoms with E-state index in [1.54, 1.807) is 0 Å². The van der Waals surface area contributed by atoms with Crippen molar-refractivity contribution in [2.45, 2.75) is 13.5 Å². The molecule has 3 nitrogen and oxygen atoms in total. The molecule has 0 fully saturated rings. The fourth-order valence-electron chi connectivity index (χ4n) is 2.46. The number of aryl methyl sites for hydroxylation is 1. The maximum Gasteiger partial charge on any atom is 0.141 e. The molecule has 20 heavy (non-hydrogen) atoms. The van der Waals surface area contributed by atoms with Crippen LogP contribution in [-0.2, 0) is 6.54 Å². The van der Waals surface area contributed by atoms with Crippen molar-refractivity contribution in [3.63, 3.8) is 0 Å². The Hall–Kier alpha value is -1.84. The van der Waals surface area contributed by atoms with Gasteiger partial charge in [-0.2, -0.15) is 0 Å². The first-order valence-corrected chi connectivity index (χ1v) is 6.91. The number of aromatic nitrogens is 2. The molecule has 0 aliphatic heterocycles. The fraction of sp³-hybridized carbons (Fsp3) is 0.188. The van der Waals surface area contributed by atoms with Crippen molar-refractivity contribution in [2.24, 2.45) is 0 Å². The van der Waals surface area contributed by atoms with Gasteiger partial charge in [0.1, 0.15) is 5.82 Å². The fourth-order valence-corrected chi connectivity index (χ4v) is 2.63. The van der Waals surface area contributed by atoms with Crippen LogP contribution in [0.25, 0.3) is 22.4 Å². The second-order valence-corrected chi connectivity index (χ2v) is 5.20. The number of rotatable bonds is 3. The van der Waals surface area contributed by atoms with Gasteiger partial charge in [0.2, 0.25) is 0 Å². The lowest BCUT2D eigenvalue weighted by Gasteiger charge is -2.09. The summed E-state index contributed by atoms with van der Waals surface area (Å²) >= 11 is 6.04. The van der Waals surface area contributed by atoms with Gasteiger partial charge >= 0.3 is 0 Å². The molecule has 0 saturated heterocycles. The van der Waals surface area contributed by atoms with Crippen LogP contribution in [0.1, 0.15) is 5.56 Å². The number of fused-ring (bicyclic) bond motifs is 1. The summed E-state index contributed by atoms with van der Waals surface area (Å²) < 4.78 is 2.04. The van der Waals surface area contributed by atoms with Crippen molar-refractivity contribution in [1.29, 1.82) is 0 Å². The van der Waals surface area contributed by atoms with Crippen LogP contribution in [0, 0.1) is 6.92 Å². The number of halogens is 1. The molecule has 0 spiro atoms. The van der Waals surface area contributed by atoms with Gasteiger partial charge in [-0.25, -0.2) is 4.98 Å². The second-order valence-electron chi connectivity index (χ2n) is 4.76. The SMILES string of the molecule is Cc1ccccc1-c1nc2cc(Cl)ccc2n1CCO. The molecular formula is C16H15ClN2O. The Morgan fingerprint density at radius 1 is 1.20 bits per heavy atom. The summed E-state index contributed by atoms with van der Waals surface area (Å²) in [7, 11) is 0. The monoisotopic (exact) mass is 286 g/mol. The van der Waals surface area contributed by atoms with E-state index in [2.05, 4.69) is 13.0 Å². The van der Waals surface area contributed by atoms with Crippen LogP contribution in [0.4, 0.5) is 0 Å². The lowest BCUT2D eigenvalue weighted by atomic mass is 10.1. The zero-order valence-electron chi connectivity index (χ0n) is 11.2. The summed E-state index contributed by atoms with van der Waals surface area (Å²) in [4.78, 5) is 4.69. The minimum Gasteiger partial charge on any atom is -0.395 e. The van der Waals surface area contributed by atoms with E-state index in [1.807, 2.05) is 41.0 Å². The van der Waals surface area contributed by atoms with Crippen LogP contribution in [0.3, 0.4) is 0 Å². The molecule has 3 aromatic rings. The highest BCUT2D eigenvalue weighted by molar-refractivity contribution is 6.31. The number of nitrogens with zero attached hydrogens (tertiary/aromatic N) is 2. The number of aliphatic hydroxyl groups is 1. The predicted molar refractivity (Wildman–Crippen MR) is 82.0 cm³/mol. The van der Waals surface area contributed by atoms with Crippen molar-refractivity contribution in [3.05, 3.63) is 53.1 Å². The molecule has 0 amide bonds. The van der Waals surface area contributed by atoms with Crippen molar-refractivity contribution >= 4 is 22.6 Å². The average molecular weight is 287 g/mol. The molecule has 0 atom stereocenters. The topological polar surface area (TPSA) is 38.0 Å². The van der Waals surface area contributed by atoms with Gasteiger partial charge in [-0.15, -0.1) is 0 Å². The molecular weight excluding hydrogens is 272 g/mol. The molecule has 1 aromatic heterocycles. The van der Waals surface area contributed by atoms with Crippen LogP contribution in [-0.4, -0.2) is 21.3 Å². The third-order valence-corrected chi connectivity index (χ3v) is 3.65. The van der Waals surface area contributed by atoms with Gasteiger partial charge < -0.3 is 9.67 Å². The average Bonchev–Trinajstić information content (AvgIpc) is 2.77. The maximum absolute atomic E-state index is 9.32. The summed E-state index contributed by atoms with van der Waals surface area (Å²) in [5.74, 6) is 0.870. The molecule has 0 aliphatic rings. The summed E-state index contributed by atoms with van der Waals surface area (Å²) in [5.41, 5.74) is 4.08. The van der Waals surface area contributed by atoms with Gasteiger partial charge in [0.05, 0.1) is 17.6 Å². The molecule has 0 saturated carbocycles. The smallest absolute Gasteiger partial charge is 0.141 e. The Labute approximate surface area is 122 Å². The number of aliphatic hydroxyl groups excluding tert-OH is 1. The number of benzene rings is 2. The molecule has 1 heterocycles. The van der Waals surface area contributed by atoms with Crippen LogP contribution >= 0.6 is 11.6 Å². The van der Waals surface area contributed by atoms with E-state index in [9.17, 15) is 5.11 Å². The van der Waals surface area contributed by atoms with Crippen molar-refractivity contribution in [3.8, 4) is 11.4 Å². The Kier molecular flexibility index (Phi) is 3.47. The molecule has 1 N–H and O–H groups in total. The van der Waals surface area contributed by atoms with E-state index >= 15 is 0 Å². The number of hydrogen-bond donors (Lipinski definition) is 1. The third kappa shape index (κ3) is 2.19. The Bertz CT molecular complexity index is 764. The minimum absolute atomic E-state index is 0.0764.